The molecule has 0 aliphatic carbocycles. The zero-order chi connectivity index (χ0) is 23.7. The fourth-order valence-corrected chi connectivity index (χ4v) is 4.84. The number of amides is 2. The molecule has 0 radical (unpaired) electrons. The lowest BCUT2D eigenvalue weighted by atomic mass is 9.87. The summed E-state index contributed by atoms with van der Waals surface area (Å²) in [6, 6.07) is 16.6. The third-order valence-corrected chi connectivity index (χ3v) is 6.74. The number of furan rings is 1. The Kier molecular flexibility index (Phi) is 6.56. The molecule has 1 aliphatic heterocycles. The molecule has 1 saturated heterocycles. The van der Waals surface area contributed by atoms with Crippen LogP contribution in [0, 0.1) is 12.8 Å². The van der Waals surface area contributed by atoms with Gasteiger partial charge < -0.3 is 14.2 Å². The van der Waals surface area contributed by atoms with Crippen LogP contribution in [0.3, 0.4) is 0 Å². The molecule has 2 heterocycles. The van der Waals surface area contributed by atoms with E-state index in [1.165, 1.54) is 16.5 Å². The van der Waals surface area contributed by atoms with Gasteiger partial charge in [-0.15, -0.1) is 0 Å². The molecule has 1 aromatic heterocycles. The monoisotopic (exact) mass is 447 g/mol. The van der Waals surface area contributed by atoms with Crippen molar-refractivity contribution in [2.75, 3.05) is 34.2 Å². The minimum atomic E-state index is -0.200. The molecular formula is C27H33N3O3. The second kappa shape index (κ2) is 9.40. The minimum absolute atomic E-state index is 0.0215. The van der Waals surface area contributed by atoms with Crippen LogP contribution in [0.5, 0.6) is 0 Å². The van der Waals surface area contributed by atoms with Gasteiger partial charge in [0.25, 0.3) is 0 Å². The molecule has 3 aromatic rings. The number of para-hydroxylation sites is 1. The molecule has 0 bridgehead atoms. The summed E-state index contributed by atoms with van der Waals surface area (Å²) in [5.41, 5.74) is 4.44. The van der Waals surface area contributed by atoms with E-state index in [2.05, 4.69) is 49.2 Å². The SMILES string of the molecule is CC(=O)N1C[C@H](C(=O)N(C)C)[C@@H](c2ccc(CN(C)Cc3oc4ccccc4c3C)cc2)C1. The van der Waals surface area contributed by atoms with Crippen LogP contribution in [-0.2, 0) is 22.7 Å². The molecule has 6 heteroatoms. The van der Waals surface area contributed by atoms with Crippen molar-refractivity contribution in [1.29, 1.82) is 0 Å². The van der Waals surface area contributed by atoms with Crippen molar-refractivity contribution in [3.63, 3.8) is 0 Å². The summed E-state index contributed by atoms with van der Waals surface area (Å²) < 4.78 is 6.07. The average Bonchev–Trinajstić information content (AvgIpc) is 3.36. The molecule has 0 spiro atoms. The van der Waals surface area contributed by atoms with Gasteiger partial charge >= 0.3 is 0 Å². The van der Waals surface area contributed by atoms with Crippen molar-refractivity contribution in [2.45, 2.75) is 32.9 Å². The van der Waals surface area contributed by atoms with Gasteiger partial charge in [-0.05, 0) is 36.7 Å². The number of hydrogen-bond donors (Lipinski definition) is 0. The van der Waals surface area contributed by atoms with E-state index in [1.54, 1.807) is 30.8 Å². The first kappa shape index (κ1) is 23.1. The lowest BCUT2D eigenvalue weighted by Crippen LogP contribution is -2.34. The van der Waals surface area contributed by atoms with Crippen molar-refractivity contribution in [1.82, 2.24) is 14.7 Å². The fraction of sp³-hybridized carbons (Fsp3) is 0.407. The second-order valence-corrected chi connectivity index (χ2v) is 9.43. The van der Waals surface area contributed by atoms with Crippen LogP contribution in [0.15, 0.2) is 52.9 Å². The average molecular weight is 448 g/mol. The topological polar surface area (TPSA) is 57.0 Å². The van der Waals surface area contributed by atoms with Gasteiger partial charge in [0.2, 0.25) is 11.8 Å². The molecule has 33 heavy (non-hydrogen) atoms. The molecule has 4 rings (SSSR count). The zero-order valence-electron chi connectivity index (χ0n) is 20.2. The molecule has 0 N–H and O–H groups in total. The van der Waals surface area contributed by atoms with Crippen LogP contribution in [-0.4, -0.2) is 60.7 Å². The molecule has 1 aliphatic rings. The summed E-state index contributed by atoms with van der Waals surface area (Å²) in [6.45, 7) is 6.28. The van der Waals surface area contributed by atoms with Gasteiger partial charge in [-0.1, -0.05) is 42.5 Å². The highest BCUT2D eigenvalue weighted by atomic mass is 16.3. The Bertz CT molecular complexity index is 1150. The van der Waals surface area contributed by atoms with E-state index < -0.39 is 0 Å². The van der Waals surface area contributed by atoms with Gasteiger partial charge in [-0.2, -0.15) is 0 Å². The number of aryl methyl sites for hydroxylation is 1. The maximum atomic E-state index is 12.7. The molecule has 2 amide bonds. The lowest BCUT2D eigenvalue weighted by molar-refractivity contribution is -0.133. The highest BCUT2D eigenvalue weighted by Crippen LogP contribution is 2.34. The summed E-state index contributed by atoms with van der Waals surface area (Å²) in [5, 5.41) is 1.17. The number of carbonyl (C=O) groups excluding carboxylic acids is 2. The van der Waals surface area contributed by atoms with Crippen LogP contribution in [0.4, 0.5) is 0 Å². The summed E-state index contributed by atoms with van der Waals surface area (Å²) in [6.07, 6.45) is 0. The van der Waals surface area contributed by atoms with E-state index in [9.17, 15) is 9.59 Å². The van der Waals surface area contributed by atoms with Crippen molar-refractivity contribution in [2.24, 2.45) is 5.92 Å². The molecule has 2 atom stereocenters. The molecule has 6 nitrogen and oxygen atoms in total. The van der Waals surface area contributed by atoms with Crippen molar-refractivity contribution >= 4 is 22.8 Å². The van der Waals surface area contributed by atoms with Gasteiger partial charge in [-0.3, -0.25) is 14.5 Å². The number of hydrogen-bond acceptors (Lipinski definition) is 4. The summed E-state index contributed by atoms with van der Waals surface area (Å²) in [7, 11) is 5.64. The zero-order valence-corrected chi connectivity index (χ0v) is 20.2. The van der Waals surface area contributed by atoms with E-state index in [1.807, 2.05) is 18.2 Å². The minimum Gasteiger partial charge on any atom is -0.459 e. The summed E-state index contributed by atoms with van der Waals surface area (Å²) in [4.78, 5) is 30.4. The van der Waals surface area contributed by atoms with E-state index in [-0.39, 0.29) is 23.7 Å². The smallest absolute Gasteiger partial charge is 0.227 e. The Morgan fingerprint density at radius 2 is 1.70 bits per heavy atom. The van der Waals surface area contributed by atoms with Crippen molar-refractivity contribution < 1.29 is 14.0 Å². The standard InChI is InChI=1S/C27H33N3O3/c1-18-22-8-6-7-9-25(22)33-26(18)17-29(5)14-20-10-12-21(13-11-20)23-15-30(19(2)31)16-24(23)27(32)28(3)4/h6-13,23-24H,14-17H2,1-5H3/t23-,24+/m1/s1. The van der Waals surface area contributed by atoms with Crippen LogP contribution in [0.2, 0.25) is 0 Å². The summed E-state index contributed by atoms with van der Waals surface area (Å²) >= 11 is 0. The van der Waals surface area contributed by atoms with Crippen molar-refractivity contribution in [3.8, 4) is 0 Å². The number of likely N-dealkylation sites (tertiary alicyclic amines) is 1. The van der Waals surface area contributed by atoms with E-state index >= 15 is 0 Å². The van der Waals surface area contributed by atoms with Crippen LogP contribution in [0.25, 0.3) is 11.0 Å². The third-order valence-electron chi connectivity index (χ3n) is 6.74. The number of nitrogens with zero attached hydrogens (tertiary/aromatic N) is 3. The number of fused-ring (bicyclic) bond motifs is 1. The van der Waals surface area contributed by atoms with Gasteiger partial charge in [0.1, 0.15) is 11.3 Å². The van der Waals surface area contributed by atoms with Gasteiger partial charge in [0.05, 0.1) is 12.5 Å². The molecule has 174 valence electrons. The Morgan fingerprint density at radius 3 is 2.33 bits per heavy atom. The first-order chi connectivity index (χ1) is 15.7. The normalized spacial score (nSPS) is 18.3. The predicted octanol–water partition coefficient (Wildman–Crippen LogP) is 4.02. The molecule has 2 aromatic carbocycles. The summed E-state index contributed by atoms with van der Waals surface area (Å²) in [5.74, 6) is 0.917. The van der Waals surface area contributed by atoms with Crippen LogP contribution in [0.1, 0.15) is 35.3 Å². The second-order valence-electron chi connectivity index (χ2n) is 9.43. The van der Waals surface area contributed by atoms with Crippen molar-refractivity contribution in [3.05, 3.63) is 71.0 Å². The van der Waals surface area contributed by atoms with Gasteiger partial charge in [0, 0.05) is 52.0 Å². The third kappa shape index (κ3) is 4.81. The molecule has 0 unspecified atom stereocenters. The Balaban J connectivity index is 1.45. The predicted molar refractivity (Wildman–Crippen MR) is 130 cm³/mol. The van der Waals surface area contributed by atoms with E-state index in [0.717, 1.165) is 30.0 Å². The highest BCUT2D eigenvalue weighted by Gasteiger charge is 2.40. The first-order valence-corrected chi connectivity index (χ1v) is 11.5. The molecule has 0 saturated carbocycles. The highest BCUT2D eigenvalue weighted by molar-refractivity contribution is 5.83. The Labute approximate surface area is 195 Å². The van der Waals surface area contributed by atoms with Crippen LogP contribution < -0.4 is 0 Å². The van der Waals surface area contributed by atoms with E-state index in [4.69, 9.17) is 4.42 Å². The molecule has 1 fully saturated rings. The Morgan fingerprint density at radius 1 is 1.00 bits per heavy atom. The number of rotatable bonds is 6. The fourth-order valence-electron chi connectivity index (χ4n) is 4.84. The Hall–Kier alpha value is -3.12. The largest absolute Gasteiger partial charge is 0.459 e. The number of benzene rings is 2. The van der Waals surface area contributed by atoms with E-state index in [0.29, 0.717) is 13.1 Å². The quantitative estimate of drug-likeness (QED) is 0.573. The maximum Gasteiger partial charge on any atom is 0.227 e. The first-order valence-electron chi connectivity index (χ1n) is 11.5. The van der Waals surface area contributed by atoms with Crippen LogP contribution >= 0.6 is 0 Å². The van der Waals surface area contributed by atoms with Gasteiger partial charge in [0.15, 0.2) is 0 Å². The molecular weight excluding hydrogens is 414 g/mol. The van der Waals surface area contributed by atoms with Gasteiger partial charge in [-0.25, -0.2) is 0 Å². The number of carbonyl (C=O) groups is 2. The lowest BCUT2D eigenvalue weighted by Gasteiger charge is -2.22. The maximum absolute atomic E-state index is 12.7.